The molecular weight excluding hydrogens is 1750 g/mol. The van der Waals surface area contributed by atoms with E-state index in [1.807, 2.05) is 0 Å². The van der Waals surface area contributed by atoms with Crippen LogP contribution in [0.4, 0.5) is 0 Å². The van der Waals surface area contributed by atoms with Crippen LogP contribution in [0, 0.1) is 0 Å². The number of unbranched alkanes of at least 4 members (excludes halogenated alkanes) is 8. The fourth-order valence-corrected chi connectivity index (χ4v) is 15.4. The molecule has 0 saturated carbocycles. The minimum Gasteiger partial charge on any atom is -0.394 e. The molecule has 0 aliphatic carbocycles. The van der Waals surface area contributed by atoms with E-state index >= 15 is 0 Å². The molecule has 0 bridgehead atoms. The second-order valence-corrected chi connectivity index (χ2v) is 34.0. The van der Waals surface area contributed by atoms with Gasteiger partial charge in [-0.1, -0.05) is 25.7 Å². The van der Waals surface area contributed by atoms with Gasteiger partial charge in [0.2, 0.25) is 70.9 Å². The molecule has 0 radical (unpaired) electrons. The first kappa shape index (κ1) is 113. The monoisotopic (exact) mass is 1890 g/mol. The van der Waals surface area contributed by atoms with Crippen LogP contribution in [0.5, 0.6) is 0 Å². The Hall–Kier alpha value is -7.05. The predicted octanol–water partition coefficient (Wildman–Crippen LogP) is -6.61. The quantitative estimate of drug-likeness (QED) is 0.0199. The number of aliphatic hydroxyl groups is 10. The second-order valence-electron chi connectivity index (χ2n) is 32.5. The maximum Gasteiger partial charge on any atom is 0.471 e. The normalized spacial score (nSPS) is 27.7. The fourth-order valence-electron chi connectivity index (χ4n) is 14.9. The number of ether oxygens (including phenoxy) is 10. The van der Waals surface area contributed by atoms with E-state index in [9.17, 15) is 118 Å². The van der Waals surface area contributed by atoms with Gasteiger partial charge in [-0.2, -0.15) is 0 Å². The molecule has 5 rings (SSSR count). The molecule has 0 aromatic rings. The van der Waals surface area contributed by atoms with Crippen LogP contribution in [-0.4, -0.2) is 392 Å². The number of nitrogens with zero attached hydrogens (tertiary/aromatic N) is 1. The number of phosphoric acid groups is 1. The number of rotatable bonds is 64. The van der Waals surface area contributed by atoms with Gasteiger partial charge in [-0.3, -0.25) is 66.6 Å². The summed E-state index contributed by atoms with van der Waals surface area (Å²) in [4.78, 5) is 166. The Labute approximate surface area is 755 Å². The Bertz CT molecular complexity index is 3470. The van der Waals surface area contributed by atoms with Crippen LogP contribution in [0.25, 0.3) is 0 Å². The summed E-state index contributed by atoms with van der Waals surface area (Å²) in [6.07, 6.45) is -15.3. The number of nitrogens with one attached hydrogen (secondary N) is 11. The molecule has 5 fully saturated rings. The van der Waals surface area contributed by atoms with Gasteiger partial charge < -0.3 is 167 Å². The van der Waals surface area contributed by atoms with E-state index in [0.29, 0.717) is 96.3 Å². The molecule has 5 saturated heterocycles. The fraction of sp³-hybridized carbons (Fsp3) is 0.852. The average molecular weight is 1890 g/mol. The molecule has 0 aromatic heterocycles. The van der Waals surface area contributed by atoms with Crippen LogP contribution in [0.1, 0.15) is 182 Å². The largest absolute Gasteiger partial charge is 0.471 e. The van der Waals surface area contributed by atoms with E-state index in [1.165, 1.54) is 32.6 Å². The minimum atomic E-state index is -4.32. The molecule has 12 amide bonds. The van der Waals surface area contributed by atoms with Crippen molar-refractivity contribution < 1.29 is 174 Å². The predicted molar refractivity (Wildman–Crippen MR) is 452 cm³/mol. The smallest absolute Gasteiger partial charge is 0.394 e. The first-order chi connectivity index (χ1) is 62.1. The van der Waals surface area contributed by atoms with E-state index in [4.69, 9.17) is 51.9 Å². The molecule has 5 heterocycles. The summed E-state index contributed by atoms with van der Waals surface area (Å²) in [5.74, 6) is -5.14. The summed E-state index contributed by atoms with van der Waals surface area (Å²) in [7, 11) is -3.31. The van der Waals surface area contributed by atoms with Crippen LogP contribution < -0.4 is 58.5 Å². The maximum atomic E-state index is 14.0. The summed E-state index contributed by atoms with van der Waals surface area (Å²) in [5, 5.41) is 132. The lowest BCUT2D eigenvalue weighted by molar-refractivity contribution is -0.270. The highest BCUT2D eigenvalue weighted by atomic mass is 31.2. The zero-order valence-electron chi connectivity index (χ0n) is 74.9. The van der Waals surface area contributed by atoms with Gasteiger partial charge >= 0.3 is 7.82 Å². The first-order valence-electron chi connectivity index (χ1n) is 44.8. The van der Waals surface area contributed by atoms with Crippen molar-refractivity contribution in [1.82, 2.24) is 63.4 Å². The van der Waals surface area contributed by atoms with Gasteiger partial charge in [-0.15, -0.1) is 0 Å². The lowest BCUT2D eigenvalue weighted by Crippen LogP contribution is -2.69. The van der Waals surface area contributed by atoms with Crippen LogP contribution >= 0.6 is 7.82 Å². The SMILES string of the molecule is COP(=O)(O)OC[C@@H]1C[C@@H](O)CN1C(=O)CCCCCCCCC(=O)N[C@@H]1O[C@H](COCCC(=O)NCCCNC(=O)CCCCO[C@@H]2O[C@H](CO)[C@H](O)[C@H](O)[C@H]2NC(C)=O)[C@@H](OCCC(=O)NCCCNC(=O)CCCCO[C@@H]2O[C@H](CO)[C@H](O)[C@H](O)[C@H]2NC(C)=O)[C@H](OCCC(=O)NCCCNC(=O)CCCCO[C@@H]2O[C@H](CO)[C@H](O)[C@H](O)[C@H]2NC(C)=O)[C@H]1NC(C)=O. The van der Waals surface area contributed by atoms with Crippen molar-refractivity contribution in [1.29, 1.82) is 0 Å². The average Bonchev–Trinajstić information content (AvgIpc) is 1.53. The molecule has 1 unspecified atom stereocenters. The third-order valence-electron chi connectivity index (χ3n) is 21.8. The number of β-amino-alcohol motifs (C(OH)–C–C–N with tert-alkyl or cyclic N) is 1. The summed E-state index contributed by atoms with van der Waals surface area (Å²) in [6.45, 7) is 2.68. The third kappa shape index (κ3) is 42.7. The molecule has 22 N–H and O–H groups in total. The van der Waals surface area contributed by atoms with Crippen LogP contribution in [0.3, 0.4) is 0 Å². The van der Waals surface area contributed by atoms with Gasteiger partial charge in [0.05, 0.1) is 65.0 Å². The van der Waals surface area contributed by atoms with Crippen LogP contribution in [-0.2, 0) is 119 Å². The third-order valence-corrected chi connectivity index (χ3v) is 22.7. The van der Waals surface area contributed by atoms with Crippen molar-refractivity contribution in [3.05, 3.63) is 0 Å². The van der Waals surface area contributed by atoms with Gasteiger partial charge in [-0.25, -0.2) is 4.57 Å². The Morgan fingerprint density at radius 1 is 0.362 bits per heavy atom. The van der Waals surface area contributed by atoms with E-state index in [-0.39, 0.29) is 180 Å². The summed E-state index contributed by atoms with van der Waals surface area (Å²) in [5.41, 5.74) is 0. The zero-order chi connectivity index (χ0) is 95.7. The van der Waals surface area contributed by atoms with E-state index < -0.39 is 210 Å². The molecule has 130 heavy (non-hydrogen) atoms. The van der Waals surface area contributed by atoms with E-state index in [2.05, 4.69) is 63.0 Å². The summed E-state index contributed by atoms with van der Waals surface area (Å²) < 4.78 is 80.9. The van der Waals surface area contributed by atoms with Crippen molar-refractivity contribution in [3.8, 4) is 0 Å². The number of hydrogen-bond acceptors (Lipinski definition) is 35. The van der Waals surface area contributed by atoms with Gasteiger partial charge in [-0.05, 0) is 77.0 Å². The number of likely N-dealkylation sites (tertiary alicyclic amines) is 1. The number of carbonyl (C=O) groups is 12. The summed E-state index contributed by atoms with van der Waals surface area (Å²) in [6, 6.07) is -5.23. The van der Waals surface area contributed by atoms with Crippen molar-refractivity contribution in [2.75, 3.05) is 126 Å². The zero-order valence-corrected chi connectivity index (χ0v) is 75.8. The first-order valence-corrected chi connectivity index (χ1v) is 46.3. The number of phosphoric ester groups is 1. The Kier molecular flexibility index (Phi) is 54.5. The molecule has 49 heteroatoms. The van der Waals surface area contributed by atoms with Crippen molar-refractivity contribution in [3.63, 3.8) is 0 Å². The van der Waals surface area contributed by atoms with Crippen molar-refractivity contribution in [2.24, 2.45) is 0 Å². The van der Waals surface area contributed by atoms with Crippen LogP contribution in [0.15, 0.2) is 0 Å². The molecule has 748 valence electrons. The molecular formula is C81H143N12O36P. The van der Waals surface area contributed by atoms with Gasteiger partial charge in [0.1, 0.15) is 97.4 Å². The maximum absolute atomic E-state index is 14.0. The highest BCUT2D eigenvalue weighted by Gasteiger charge is 2.51. The van der Waals surface area contributed by atoms with E-state index in [0.717, 1.165) is 7.11 Å². The van der Waals surface area contributed by atoms with Gasteiger partial charge in [0.15, 0.2) is 25.1 Å². The lowest BCUT2D eigenvalue weighted by atomic mass is 9.94. The lowest BCUT2D eigenvalue weighted by Gasteiger charge is -2.46. The Balaban J connectivity index is 1.19. The number of aliphatic hydroxyl groups excluding tert-OH is 10. The van der Waals surface area contributed by atoms with E-state index in [1.54, 1.807) is 0 Å². The highest BCUT2D eigenvalue weighted by molar-refractivity contribution is 7.47. The molecule has 0 aromatic carbocycles. The van der Waals surface area contributed by atoms with Gasteiger partial charge in [0.25, 0.3) is 0 Å². The minimum absolute atomic E-state index is 0.0164. The van der Waals surface area contributed by atoms with Crippen molar-refractivity contribution >= 4 is 78.7 Å². The molecule has 5 aliphatic heterocycles. The molecule has 5 aliphatic rings. The second kappa shape index (κ2) is 62.5. The van der Waals surface area contributed by atoms with Gasteiger partial charge in [0, 0.05) is 152 Å². The Morgan fingerprint density at radius 2 is 0.700 bits per heavy atom. The topological polar surface area (TPSA) is 691 Å². The molecule has 23 atom stereocenters. The summed E-state index contributed by atoms with van der Waals surface area (Å²) >= 11 is 0. The standard InChI is InChI=1S/C81H143N12O36P/c1-48(97)88-66-73(113)70(110)54(43-94)127-79(66)122-35-15-12-21-58(102)82-29-18-32-85-61(105)26-38-119-47-57-76(120-39-27-62(106)86-33-19-30-83-59(103)22-13-16-36-123-80-67(89-49(2)98)74(114)71(111)55(44-95)128-80)77(121-40-28-63(107)87-34-20-31-84-60(104)23-14-17-37-124-81-68(90-50(3)99)75(115)72(112)56(45-96)129-81)69(91-51(4)100)78(126-57)92-64(108)24-10-8-6-7-9-11-25-65(109)93-42-53(101)41-52(93)46-125-130(116,117)118-5/h52-57,66-81,94-96,101,110-115H,6-47H2,1-5H3,(H,82,102)(H,83,103)(H,84,104)(H,85,105)(H,86,106)(H,87,107)(H,88,97)(H,89,98)(H,90,99)(H,91,100)(H,92,108)(H,116,117)/t52-,53+,54+,55+,56+,57+,66+,67+,68+,69+,70-,71-,72-,73+,74+,75+,76+,77+,78+,79+,80+,81+/m0/s1. The van der Waals surface area contributed by atoms with Crippen molar-refractivity contribution in [2.45, 2.75) is 316 Å². The highest BCUT2D eigenvalue weighted by Crippen LogP contribution is 2.43. The Morgan fingerprint density at radius 3 is 1.08 bits per heavy atom. The number of amides is 12. The van der Waals surface area contributed by atoms with Crippen LogP contribution in [0.2, 0.25) is 0 Å². The molecule has 48 nitrogen and oxygen atoms in total. The number of carbonyl (C=O) groups excluding carboxylic acids is 12. The molecule has 0 spiro atoms. The number of hydrogen-bond donors (Lipinski definition) is 22.